The standard InChI is InChI=1S/C33H34FN7O4/c1-2-31(43)37-26-18-22(17-23(34)19-26)32-28(36-24-3-6-27(7-4-24)40-9-13-44-14-10-40)21-35-33(39-32)38-25-5-8-30(42)29(20-25)41-11-15-45-16-12-41/h2-8,17-21,36,42H,1,9-16H2,(H,37,43)(H,35,38,39). The number of halogens is 1. The predicted octanol–water partition coefficient (Wildman–Crippen LogP) is 5.27. The minimum Gasteiger partial charge on any atom is -0.506 e. The average molecular weight is 612 g/mol. The van der Waals surface area contributed by atoms with Crippen molar-refractivity contribution in [2.45, 2.75) is 0 Å². The van der Waals surface area contributed by atoms with E-state index in [1.165, 1.54) is 12.1 Å². The maximum atomic E-state index is 14.8. The first kappa shape index (κ1) is 29.9. The van der Waals surface area contributed by atoms with E-state index < -0.39 is 11.7 Å². The lowest BCUT2D eigenvalue weighted by molar-refractivity contribution is -0.111. The molecule has 11 nitrogen and oxygen atoms in total. The van der Waals surface area contributed by atoms with Crippen molar-refractivity contribution in [3.05, 3.63) is 85.3 Å². The van der Waals surface area contributed by atoms with E-state index in [-0.39, 0.29) is 17.4 Å². The van der Waals surface area contributed by atoms with Crippen LogP contribution in [0.1, 0.15) is 0 Å². The SMILES string of the molecule is C=CC(=O)Nc1cc(F)cc(-c2nc(Nc3ccc(O)c(N4CCOCC4)c3)ncc2Nc2ccc(N3CCOCC3)cc2)c1. The molecule has 3 heterocycles. The maximum absolute atomic E-state index is 14.8. The lowest BCUT2D eigenvalue weighted by Crippen LogP contribution is -2.36. The summed E-state index contributed by atoms with van der Waals surface area (Å²) < 4.78 is 25.8. The van der Waals surface area contributed by atoms with Gasteiger partial charge < -0.3 is 40.3 Å². The molecule has 45 heavy (non-hydrogen) atoms. The van der Waals surface area contributed by atoms with E-state index in [4.69, 9.17) is 14.5 Å². The molecule has 2 fully saturated rings. The van der Waals surface area contributed by atoms with Crippen molar-refractivity contribution in [2.24, 2.45) is 0 Å². The highest BCUT2D eigenvalue weighted by Crippen LogP contribution is 2.35. The largest absolute Gasteiger partial charge is 0.506 e. The third kappa shape index (κ3) is 7.31. The van der Waals surface area contributed by atoms with Crippen molar-refractivity contribution in [1.82, 2.24) is 9.97 Å². The van der Waals surface area contributed by atoms with Crippen molar-refractivity contribution in [1.29, 1.82) is 0 Å². The van der Waals surface area contributed by atoms with Crippen LogP contribution in [-0.2, 0) is 14.3 Å². The van der Waals surface area contributed by atoms with E-state index in [1.807, 2.05) is 30.3 Å². The monoisotopic (exact) mass is 611 g/mol. The summed E-state index contributed by atoms with van der Waals surface area (Å²) in [6, 6.07) is 17.4. The summed E-state index contributed by atoms with van der Waals surface area (Å²) in [5.41, 5.74) is 4.86. The summed E-state index contributed by atoms with van der Waals surface area (Å²) in [6.45, 7) is 9.01. The van der Waals surface area contributed by atoms with Gasteiger partial charge in [0.25, 0.3) is 0 Å². The van der Waals surface area contributed by atoms with Crippen LogP contribution in [0.2, 0.25) is 0 Å². The van der Waals surface area contributed by atoms with Crippen LogP contribution in [0.15, 0.2) is 79.5 Å². The van der Waals surface area contributed by atoms with Crippen LogP contribution in [0.5, 0.6) is 5.75 Å². The average Bonchev–Trinajstić information content (AvgIpc) is 3.07. The van der Waals surface area contributed by atoms with Gasteiger partial charge in [0.15, 0.2) is 0 Å². The van der Waals surface area contributed by atoms with Gasteiger partial charge in [0.1, 0.15) is 11.6 Å². The van der Waals surface area contributed by atoms with Crippen LogP contribution in [0.4, 0.5) is 44.5 Å². The molecule has 0 aliphatic carbocycles. The van der Waals surface area contributed by atoms with Crippen LogP contribution in [0.25, 0.3) is 11.3 Å². The molecule has 4 aromatic rings. The van der Waals surface area contributed by atoms with Crippen LogP contribution in [0.3, 0.4) is 0 Å². The molecule has 0 saturated carbocycles. The summed E-state index contributed by atoms with van der Waals surface area (Å²) >= 11 is 0. The molecule has 1 amide bonds. The van der Waals surface area contributed by atoms with Gasteiger partial charge in [-0.2, -0.15) is 0 Å². The van der Waals surface area contributed by atoms with Crippen molar-refractivity contribution < 1.29 is 23.8 Å². The second-order valence-electron chi connectivity index (χ2n) is 10.6. The summed E-state index contributed by atoms with van der Waals surface area (Å²) in [7, 11) is 0. The third-order valence-corrected chi connectivity index (χ3v) is 7.52. The molecule has 6 rings (SSSR count). The number of nitrogens with one attached hydrogen (secondary N) is 3. The van der Waals surface area contributed by atoms with Gasteiger partial charge in [-0.25, -0.2) is 14.4 Å². The first-order valence-corrected chi connectivity index (χ1v) is 14.7. The van der Waals surface area contributed by atoms with Gasteiger partial charge in [0.2, 0.25) is 11.9 Å². The summed E-state index contributed by atoms with van der Waals surface area (Å²) in [6.07, 6.45) is 2.74. The number of ether oxygens (including phenoxy) is 2. The fraction of sp³-hybridized carbons (Fsp3) is 0.242. The molecule has 12 heteroatoms. The Morgan fingerprint density at radius 1 is 0.867 bits per heavy atom. The molecular weight excluding hydrogens is 577 g/mol. The Balaban J connectivity index is 1.32. The smallest absolute Gasteiger partial charge is 0.247 e. The highest BCUT2D eigenvalue weighted by Gasteiger charge is 2.18. The molecule has 3 aromatic carbocycles. The number of phenolic OH excluding ortho intramolecular Hbond substituents is 1. The van der Waals surface area contributed by atoms with E-state index in [1.54, 1.807) is 24.4 Å². The molecule has 0 unspecified atom stereocenters. The van der Waals surface area contributed by atoms with Crippen molar-refractivity contribution in [2.75, 3.05) is 78.4 Å². The van der Waals surface area contributed by atoms with Gasteiger partial charge in [-0.15, -0.1) is 0 Å². The molecular formula is C33H34FN7O4. The second kappa shape index (κ2) is 13.6. The molecule has 2 aliphatic heterocycles. The number of benzene rings is 3. The zero-order valence-corrected chi connectivity index (χ0v) is 24.6. The number of nitrogens with zero attached hydrogens (tertiary/aromatic N) is 4. The van der Waals surface area contributed by atoms with Crippen LogP contribution < -0.4 is 25.8 Å². The molecule has 2 aliphatic rings. The van der Waals surface area contributed by atoms with Gasteiger partial charge in [-0.3, -0.25) is 4.79 Å². The zero-order valence-electron chi connectivity index (χ0n) is 24.6. The molecule has 4 N–H and O–H groups in total. The second-order valence-corrected chi connectivity index (χ2v) is 10.6. The van der Waals surface area contributed by atoms with Crippen LogP contribution in [0, 0.1) is 5.82 Å². The Morgan fingerprint density at radius 3 is 2.27 bits per heavy atom. The van der Waals surface area contributed by atoms with Crippen molar-refractivity contribution in [3.8, 4) is 17.0 Å². The van der Waals surface area contributed by atoms with Gasteiger partial charge in [-0.1, -0.05) is 6.58 Å². The highest BCUT2D eigenvalue weighted by atomic mass is 19.1. The molecule has 0 atom stereocenters. The predicted molar refractivity (Wildman–Crippen MR) is 173 cm³/mol. The highest BCUT2D eigenvalue weighted by molar-refractivity contribution is 5.99. The lowest BCUT2D eigenvalue weighted by atomic mass is 10.1. The number of rotatable bonds is 9. The maximum Gasteiger partial charge on any atom is 0.247 e. The fourth-order valence-corrected chi connectivity index (χ4v) is 5.27. The van der Waals surface area contributed by atoms with Crippen LogP contribution >= 0.6 is 0 Å². The number of aromatic hydroxyl groups is 1. The van der Waals surface area contributed by atoms with Gasteiger partial charge in [-0.05, 0) is 66.7 Å². The first-order chi connectivity index (χ1) is 21.9. The molecule has 0 radical (unpaired) electrons. The minimum atomic E-state index is -0.547. The fourth-order valence-electron chi connectivity index (χ4n) is 5.27. The number of anilines is 7. The Morgan fingerprint density at radius 2 is 1.56 bits per heavy atom. The topological polar surface area (TPSA) is 124 Å². The lowest BCUT2D eigenvalue weighted by Gasteiger charge is -2.29. The van der Waals surface area contributed by atoms with Crippen molar-refractivity contribution >= 4 is 46.0 Å². The summed E-state index contributed by atoms with van der Waals surface area (Å²) in [5, 5.41) is 19.7. The number of aromatic nitrogens is 2. The molecule has 0 spiro atoms. The van der Waals surface area contributed by atoms with Gasteiger partial charge in [0, 0.05) is 54.5 Å². The van der Waals surface area contributed by atoms with E-state index in [2.05, 4.69) is 37.3 Å². The van der Waals surface area contributed by atoms with Crippen LogP contribution in [-0.4, -0.2) is 73.6 Å². The normalized spacial score (nSPS) is 15.0. The Kier molecular flexibility index (Phi) is 9.04. The van der Waals surface area contributed by atoms with E-state index in [0.717, 1.165) is 30.5 Å². The van der Waals surface area contributed by atoms with E-state index >= 15 is 0 Å². The van der Waals surface area contributed by atoms with E-state index in [0.29, 0.717) is 67.8 Å². The number of carbonyl (C=O) groups is 1. The Hall–Kier alpha value is -5.20. The zero-order chi connectivity index (χ0) is 31.2. The Bertz CT molecular complexity index is 1670. The molecule has 0 bridgehead atoms. The summed E-state index contributed by atoms with van der Waals surface area (Å²) in [4.78, 5) is 25.6. The quantitative estimate of drug-likeness (QED) is 0.147. The van der Waals surface area contributed by atoms with Gasteiger partial charge >= 0.3 is 0 Å². The molecule has 232 valence electrons. The minimum absolute atomic E-state index is 0.164. The number of hydrogen-bond donors (Lipinski definition) is 4. The van der Waals surface area contributed by atoms with Crippen molar-refractivity contribution in [3.63, 3.8) is 0 Å². The number of phenols is 1. The number of amides is 1. The molecule has 2 saturated heterocycles. The number of hydrogen-bond acceptors (Lipinski definition) is 10. The number of carbonyl (C=O) groups excluding carboxylic acids is 1. The molecule has 1 aromatic heterocycles. The van der Waals surface area contributed by atoms with Gasteiger partial charge in [0.05, 0.1) is 49.7 Å². The first-order valence-electron chi connectivity index (χ1n) is 14.7. The van der Waals surface area contributed by atoms with E-state index in [9.17, 15) is 14.3 Å². The summed E-state index contributed by atoms with van der Waals surface area (Å²) in [5.74, 6) is -0.580. The third-order valence-electron chi connectivity index (χ3n) is 7.52. The number of morpholine rings is 2. The Labute approximate surface area is 260 Å².